The minimum atomic E-state index is -3.49. The van der Waals surface area contributed by atoms with Crippen molar-refractivity contribution in [3.63, 3.8) is 0 Å². The third-order valence-corrected chi connectivity index (χ3v) is 3.98. The minimum Gasteiger partial charge on any atom is -0.320 e. The Balaban J connectivity index is 2.81. The van der Waals surface area contributed by atoms with Crippen LogP contribution in [0, 0.1) is 23.1 Å². The maximum Gasteiger partial charge on any atom is 0.232 e. The maximum absolute atomic E-state index is 13.7. The van der Waals surface area contributed by atoms with Crippen LogP contribution in [0.25, 0.3) is 0 Å². The van der Waals surface area contributed by atoms with E-state index in [1.807, 2.05) is 20.8 Å². The van der Waals surface area contributed by atoms with Crippen LogP contribution < -0.4 is 10.5 Å². The van der Waals surface area contributed by atoms with Crippen molar-refractivity contribution >= 4 is 15.7 Å². The van der Waals surface area contributed by atoms with E-state index >= 15 is 0 Å². The van der Waals surface area contributed by atoms with Gasteiger partial charge in [-0.15, -0.1) is 0 Å². The largest absolute Gasteiger partial charge is 0.320 e. The number of rotatable bonds is 4. The molecule has 1 rings (SSSR count). The quantitative estimate of drug-likeness (QED) is 0.838. The average molecular weight is 312 g/mol. The first-order valence-corrected chi connectivity index (χ1v) is 8.27. The zero-order valence-corrected chi connectivity index (χ0v) is 13.3. The van der Waals surface area contributed by atoms with Crippen molar-refractivity contribution in [3.05, 3.63) is 29.6 Å². The number of hydrogen-bond acceptors (Lipinski definition) is 3. The van der Waals surface area contributed by atoms with Gasteiger partial charge < -0.3 is 5.73 Å². The highest BCUT2D eigenvalue weighted by molar-refractivity contribution is 7.92. The van der Waals surface area contributed by atoms with Gasteiger partial charge in [0.1, 0.15) is 5.82 Å². The van der Waals surface area contributed by atoms with Gasteiger partial charge in [-0.3, -0.25) is 4.72 Å². The highest BCUT2D eigenvalue weighted by Crippen LogP contribution is 2.21. The molecule has 6 heteroatoms. The van der Waals surface area contributed by atoms with Crippen molar-refractivity contribution < 1.29 is 12.8 Å². The fourth-order valence-corrected chi connectivity index (χ4v) is 2.97. The second kappa shape index (κ2) is 6.92. The summed E-state index contributed by atoms with van der Waals surface area (Å²) in [5, 5.41) is 0. The van der Waals surface area contributed by atoms with Gasteiger partial charge in [-0.25, -0.2) is 12.8 Å². The van der Waals surface area contributed by atoms with Crippen LogP contribution >= 0.6 is 0 Å². The van der Waals surface area contributed by atoms with E-state index in [2.05, 4.69) is 16.6 Å². The monoisotopic (exact) mass is 312 g/mol. The van der Waals surface area contributed by atoms with Crippen molar-refractivity contribution in [2.45, 2.75) is 27.2 Å². The van der Waals surface area contributed by atoms with Gasteiger partial charge in [-0.2, -0.15) is 0 Å². The van der Waals surface area contributed by atoms with E-state index in [1.54, 1.807) is 0 Å². The molecule has 1 aromatic carbocycles. The third-order valence-electron chi connectivity index (χ3n) is 2.69. The number of benzene rings is 1. The zero-order valence-electron chi connectivity index (χ0n) is 12.5. The van der Waals surface area contributed by atoms with Crippen molar-refractivity contribution in [2.75, 3.05) is 17.0 Å². The Bertz CT molecular complexity index is 652. The van der Waals surface area contributed by atoms with E-state index in [0.29, 0.717) is 6.42 Å². The molecule has 0 amide bonds. The average Bonchev–Trinajstić information content (AvgIpc) is 2.34. The summed E-state index contributed by atoms with van der Waals surface area (Å²) in [6, 6.07) is 4.03. The summed E-state index contributed by atoms with van der Waals surface area (Å²) in [6.07, 6.45) is 0.519. The van der Waals surface area contributed by atoms with Crippen LogP contribution in [-0.4, -0.2) is 20.7 Å². The van der Waals surface area contributed by atoms with Gasteiger partial charge in [0.25, 0.3) is 0 Å². The van der Waals surface area contributed by atoms with Crippen LogP contribution in [0.3, 0.4) is 0 Å². The Morgan fingerprint density at radius 3 is 2.52 bits per heavy atom. The fraction of sp³-hybridized carbons (Fsp3) is 0.467. The topological polar surface area (TPSA) is 72.2 Å². The van der Waals surface area contributed by atoms with Crippen molar-refractivity contribution in [3.8, 4) is 11.8 Å². The molecule has 0 fully saturated rings. The SMILES string of the molecule is CC(C)(C)CCS(=O)(=O)Nc1ccc(C#CCN)c(F)c1. The van der Waals surface area contributed by atoms with E-state index in [1.165, 1.54) is 12.1 Å². The van der Waals surface area contributed by atoms with E-state index in [0.717, 1.165) is 6.07 Å². The number of anilines is 1. The van der Waals surface area contributed by atoms with Crippen molar-refractivity contribution in [1.82, 2.24) is 0 Å². The van der Waals surface area contributed by atoms with E-state index in [4.69, 9.17) is 5.73 Å². The van der Waals surface area contributed by atoms with Gasteiger partial charge in [0.15, 0.2) is 0 Å². The van der Waals surface area contributed by atoms with Gasteiger partial charge in [0, 0.05) is 0 Å². The Morgan fingerprint density at radius 1 is 1.33 bits per heavy atom. The molecule has 0 spiro atoms. The fourth-order valence-electron chi connectivity index (χ4n) is 1.50. The second-order valence-electron chi connectivity index (χ2n) is 5.93. The minimum absolute atomic E-state index is 0.00709. The summed E-state index contributed by atoms with van der Waals surface area (Å²) in [6.45, 7) is 6.04. The van der Waals surface area contributed by atoms with Crippen LogP contribution in [-0.2, 0) is 10.0 Å². The molecule has 0 aliphatic heterocycles. The lowest BCUT2D eigenvalue weighted by Crippen LogP contribution is -2.21. The molecule has 0 atom stereocenters. The molecule has 0 heterocycles. The highest BCUT2D eigenvalue weighted by atomic mass is 32.2. The van der Waals surface area contributed by atoms with Crippen molar-refractivity contribution in [2.24, 2.45) is 11.1 Å². The van der Waals surface area contributed by atoms with Crippen molar-refractivity contribution in [1.29, 1.82) is 0 Å². The summed E-state index contributed by atoms with van der Waals surface area (Å²) in [7, 11) is -3.49. The van der Waals surface area contributed by atoms with Gasteiger partial charge in [0.2, 0.25) is 10.0 Å². The smallest absolute Gasteiger partial charge is 0.232 e. The highest BCUT2D eigenvalue weighted by Gasteiger charge is 2.17. The molecule has 0 saturated carbocycles. The first kappa shape index (κ1) is 17.5. The summed E-state index contributed by atoms with van der Waals surface area (Å²) in [5.41, 5.74) is 5.53. The maximum atomic E-state index is 13.7. The number of halogens is 1. The van der Waals surface area contributed by atoms with E-state index < -0.39 is 15.8 Å². The van der Waals surface area contributed by atoms with Crippen LogP contribution in [0.4, 0.5) is 10.1 Å². The van der Waals surface area contributed by atoms with Gasteiger partial charge in [-0.05, 0) is 30.0 Å². The molecule has 1 aromatic rings. The van der Waals surface area contributed by atoms with Gasteiger partial charge in [0.05, 0.1) is 23.5 Å². The first-order chi connectivity index (χ1) is 9.63. The first-order valence-electron chi connectivity index (χ1n) is 6.62. The van der Waals surface area contributed by atoms with Gasteiger partial charge >= 0.3 is 0 Å². The molecular weight excluding hydrogens is 291 g/mol. The van der Waals surface area contributed by atoms with E-state index in [-0.39, 0.29) is 29.0 Å². The summed E-state index contributed by atoms with van der Waals surface area (Å²) >= 11 is 0. The Labute approximate surface area is 126 Å². The summed E-state index contributed by atoms with van der Waals surface area (Å²) in [4.78, 5) is 0. The molecule has 0 saturated heterocycles. The predicted molar refractivity (Wildman–Crippen MR) is 83.8 cm³/mol. The predicted octanol–water partition coefficient (Wildman–Crippen LogP) is 2.31. The van der Waals surface area contributed by atoms with Crippen LogP contribution in [0.1, 0.15) is 32.8 Å². The van der Waals surface area contributed by atoms with Gasteiger partial charge in [-0.1, -0.05) is 32.6 Å². The molecule has 0 aromatic heterocycles. The summed E-state index contributed by atoms with van der Waals surface area (Å²) in [5.74, 6) is 4.55. The molecule has 0 aliphatic carbocycles. The van der Waals surface area contributed by atoms with Crippen LogP contribution in [0.15, 0.2) is 18.2 Å². The molecule has 4 nitrogen and oxygen atoms in total. The summed E-state index contributed by atoms with van der Waals surface area (Å²) < 4.78 is 40.0. The molecule has 0 radical (unpaired) electrons. The number of hydrogen-bond donors (Lipinski definition) is 2. The number of sulfonamides is 1. The second-order valence-corrected chi connectivity index (χ2v) is 7.77. The molecule has 116 valence electrons. The zero-order chi connectivity index (χ0) is 16.1. The lowest BCUT2D eigenvalue weighted by Gasteiger charge is -2.18. The van der Waals surface area contributed by atoms with E-state index in [9.17, 15) is 12.8 Å². The van der Waals surface area contributed by atoms with Crippen LogP contribution in [0.5, 0.6) is 0 Å². The molecule has 0 bridgehead atoms. The molecule has 21 heavy (non-hydrogen) atoms. The Morgan fingerprint density at radius 2 is 2.00 bits per heavy atom. The standard InChI is InChI=1S/C15H21FN2O2S/c1-15(2,3)8-10-21(19,20)18-13-7-6-12(5-4-9-17)14(16)11-13/h6-7,11,18H,8-10,17H2,1-3H3. The molecule has 0 aliphatic rings. The molecular formula is C15H21FN2O2S. The third kappa shape index (κ3) is 6.61. The molecule has 0 unspecified atom stereocenters. The molecule has 3 N–H and O–H groups in total. The normalized spacial score (nSPS) is 11.7. The lowest BCUT2D eigenvalue weighted by molar-refractivity contribution is 0.397. The Kier molecular flexibility index (Phi) is 5.76. The Hall–Kier alpha value is -1.58. The number of nitrogens with two attached hydrogens (primary N) is 1. The van der Waals surface area contributed by atoms with Crippen LogP contribution in [0.2, 0.25) is 0 Å². The number of nitrogens with one attached hydrogen (secondary N) is 1. The lowest BCUT2D eigenvalue weighted by atomic mass is 9.94.